The molecule has 1 heterocycles. The Kier molecular flexibility index (Phi) is 6.17. The highest BCUT2D eigenvalue weighted by molar-refractivity contribution is 7.80. The first-order valence-corrected chi connectivity index (χ1v) is 7.78. The van der Waals surface area contributed by atoms with Crippen molar-refractivity contribution < 1.29 is 9.47 Å². The Balaban J connectivity index is 2.09. The van der Waals surface area contributed by atoms with Crippen LogP contribution in [-0.2, 0) is 0 Å². The van der Waals surface area contributed by atoms with E-state index >= 15 is 0 Å². The summed E-state index contributed by atoms with van der Waals surface area (Å²) < 4.78 is 10.6. The number of ether oxygens (including phenoxy) is 2. The Hall–Kier alpha value is -2.34. The number of anilines is 1. The number of rotatable bonds is 6. The van der Waals surface area contributed by atoms with Crippen molar-refractivity contribution >= 4 is 23.0 Å². The molecule has 0 amide bonds. The zero-order valence-corrected chi connectivity index (χ0v) is 14.3. The van der Waals surface area contributed by atoms with E-state index in [0.717, 1.165) is 17.7 Å². The third-order valence-electron chi connectivity index (χ3n) is 3.44. The van der Waals surface area contributed by atoms with Crippen molar-refractivity contribution in [3.8, 4) is 11.5 Å². The second kappa shape index (κ2) is 8.33. The van der Waals surface area contributed by atoms with Crippen molar-refractivity contribution in [2.24, 2.45) is 0 Å². The third-order valence-corrected chi connectivity index (χ3v) is 3.66. The van der Waals surface area contributed by atoms with Crippen LogP contribution < -0.4 is 20.1 Å². The van der Waals surface area contributed by atoms with Gasteiger partial charge in [-0.3, -0.25) is 4.98 Å². The van der Waals surface area contributed by atoms with Gasteiger partial charge < -0.3 is 20.1 Å². The summed E-state index contributed by atoms with van der Waals surface area (Å²) in [5.41, 5.74) is 1.94. The fraction of sp³-hybridized carbons (Fsp3) is 0.294. The van der Waals surface area contributed by atoms with Gasteiger partial charge in [-0.2, -0.15) is 0 Å². The average molecular weight is 331 g/mol. The van der Waals surface area contributed by atoms with Gasteiger partial charge >= 0.3 is 0 Å². The minimum Gasteiger partial charge on any atom is -0.493 e. The molecule has 5 nitrogen and oxygen atoms in total. The van der Waals surface area contributed by atoms with E-state index in [0.29, 0.717) is 16.6 Å². The molecule has 2 rings (SSSR count). The lowest BCUT2D eigenvalue weighted by Gasteiger charge is -2.21. The molecule has 0 radical (unpaired) electrons. The maximum absolute atomic E-state index is 5.38. The van der Waals surface area contributed by atoms with Crippen LogP contribution in [0.3, 0.4) is 0 Å². The van der Waals surface area contributed by atoms with Crippen LogP contribution >= 0.6 is 12.2 Å². The van der Waals surface area contributed by atoms with E-state index in [2.05, 4.69) is 22.5 Å². The molecule has 1 unspecified atom stereocenters. The van der Waals surface area contributed by atoms with Crippen LogP contribution in [0.5, 0.6) is 11.5 Å². The lowest BCUT2D eigenvalue weighted by atomic mass is 10.0. The average Bonchev–Trinajstić information content (AvgIpc) is 2.60. The van der Waals surface area contributed by atoms with Crippen LogP contribution in [0, 0.1) is 0 Å². The highest BCUT2D eigenvalue weighted by Crippen LogP contribution is 2.30. The van der Waals surface area contributed by atoms with Crippen molar-refractivity contribution in [2.45, 2.75) is 19.4 Å². The molecule has 0 aliphatic rings. The fourth-order valence-corrected chi connectivity index (χ4v) is 2.51. The number of benzene rings is 1. The summed E-state index contributed by atoms with van der Waals surface area (Å²) in [6.45, 7) is 2.10. The van der Waals surface area contributed by atoms with Gasteiger partial charge in [0.05, 0.1) is 32.1 Å². The molecule has 2 N–H and O–H groups in total. The SMILES string of the molecule is CCC(NC(=S)Nc1cccnc1)c1ccc(OC)c(OC)c1. The number of hydrogen-bond acceptors (Lipinski definition) is 4. The topological polar surface area (TPSA) is 55.4 Å². The van der Waals surface area contributed by atoms with Gasteiger partial charge in [-0.1, -0.05) is 13.0 Å². The molecule has 2 aromatic rings. The van der Waals surface area contributed by atoms with Gasteiger partial charge in [0.15, 0.2) is 16.6 Å². The standard InChI is InChI=1S/C17H21N3O2S/c1-4-14(12-7-8-15(21-2)16(10-12)22-3)20-17(23)19-13-6-5-9-18-11-13/h5-11,14H,4H2,1-3H3,(H2,19,20,23). The molecule has 0 aliphatic heterocycles. The summed E-state index contributed by atoms with van der Waals surface area (Å²) in [5, 5.41) is 7.00. The van der Waals surface area contributed by atoms with Gasteiger partial charge in [-0.25, -0.2) is 0 Å². The van der Waals surface area contributed by atoms with Crippen molar-refractivity contribution in [3.63, 3.8) is 0 Å². The minimum atomic E-state index is 0.0754. The van der Waals surface area contributed by atoms with Gasteiger partial charge in [-0.05, 0) is 48.5 Å². The molecule has 0 aliphatic carbocycles. The van der Waals surface area contributed by atoms with E-state index < -0.39 is 0 Å². The number of thiocarbonyl (C=S) groups is 1. The summed E-state index contributed by atoms with van der Waals surface area (Å²) >= 11 is 5.38. The van der Waals surface area contributed by atoms with Crippen molar-refractivity contribution in [1.29, 1.82) is 0 Å². The number of aromatic nitrogens is 1. The van der Waals surface area contributed by atoms with Crippen LogP contribution in [0.1, 0.15) is 24.9 Å². The normalized spacial score (nSPS) is 11.4. The zero-order valence-electron chi connectivity index (χ0n) is 13.5. The Labute approximate surface area is 142 Å². The van der Waals surface area contributed by atoms with E-state index in [9.17, 15) is 0 Å². The molecule has 0 saturated heterocycles. The molecular weight excluding hydrogens is 310 g/mol. The third kappa shape index (κ3) is 4.56. The van der Waals surface area contributed by atoms with Crippen LogP contribution in [0.25, 0.3) is 0 Å². The second-order valence-electron chi connectivity index (χ2n) is 4.92. The molecule has 0 fully saturated rings. The molecule has 0 bridgehead atoms. The fourth-order valence-electron chi connectivity index (χ4n) is 2.25. The number of nitrogens with one attached hydrogen (secondary N) is 2. The number of hydrogen-bond donors (Lipinski definition) is 2. The molecule has 1 aromatic heterocycles. The Bertz CT molecular complexity index is 650. The molecule has 1 aromatic carbocycles. The van der Waals surface area contributed by atoms with E-state index in [1.807, 2.05) is 30.3 Å². The lowest BCUT2D eigenvalue weighted by molar-refractivity contribution is 0.354. The smallest absolute Gasteiger partial charge is 0.171 e. The molecule has 0 saturated carbocycles. The van der Waals surface area contributed by atoms with Gasteiger partial charge in [0, 0.05) is 6.20 Å². The Morgan fingerprint density at radius 3 is 2.61 bits per heavy atom. The maximum atomic E-state index is 5.38. The highest BCUT2D eigenvalue weighted by atomic mass is 32.1. The molecule has 122 valence electrons. The lowest BCUT2D eigenvalue weighted by Crippen LogP contribution is -2.32. The highest BCUT2D eigenvalue weighted by Gasteiger charge is 2.14. The van der Waals surface area contributed by atoms with Crippen LogP contribution in [0.2, 0.25) is 0 Å². The minimum absolute atomic E-state index is 0.0754. The summed E-state index contributed by atoms with van der Waals surface area (Å²) in [4.78, 5) is 4.06. The van der Waals surface area contributed by atoms with Crippen molar-refractivity contribution in [2.75, 3.05) is 19.5 Å². The maximum Gasteiger partial charge on any atom is 0.171 e. The van der Waals surface area contributed by atoms with Crippen LogP contribution in [0.4, 0.5) is 5.69 Å². The molecule has 23 heavy (non-hydrogen) atoms. The number of pyridine rings is 1. The summed E-state index contributed by atoms with van der Waals surface area (Å²) in [7, 11) is 3.25. The monoisotopic (exact) mass is 331 g/mol. The first-order chi connectivity index (χ1) is 11.2. The van der Waals surface area contributed by atoms with Crippen molar-refractivity contribution in [3.05, 3.63) is 48.3 Å². The first-order valence-electron chi connectivity index (χ1n) is 7.37. The van der Waals surface area contributed by atoms with Gasteiger partial charge in [-0.15, -0.1) is 0 Å². The van der Waals surface area contributed by atoms with Gasteiger partial charge in [0.1, 0.15) is 0 Å². The van der Waals surface area contributed by atoms with E-state index in [4.69, 9.17) is 21.7 Å². The zero-order chi connectivity index (χ0) is 16.7. The summed E-state index contributed by atoms with van der Waals surface area (Å²) in [6, 6.07) is 9.72. The predicted molar refractivity (Wildman–Crippen MR) is 96.2 cm³/mol. The molecular formula is C17H21N3O2S. The van der Waals surface area contributed by atoms with E-state index in [-0.39, 0.29) is 6.04 Å². The molecule has 1 atom stereocenters. The van der Waals surface area contributed by atoms with Crippen LogP contribution in [0.15, 0.2) is 42.7 Å². The molecule has 6 heteroatoms. The second-order valence-corrected chi connectivity index (χ2v) is 5.32. The first kappa shape index (κ1) is 17.0. The van der Waals surface area contributed by atoms with Crippen molar-refractivity contribution in [1.82, 2.24) is 10.3 Å². The Morgan fingerprint density at radius 1 is 1.22 bits per heavy atom. The Morgan fingerprint density at radius 2 is 2.00 bits per heavy atom. The largest absolute Gasteiger partial charge is 0.493 e. The van der Waals surface area contributed by atoms with Gasteiger partial charge in [0.2, 0.25) is 0 Å². The van der Waals surface area contributed by atoms with Gasteiger partial charge in [0.25, 0.3) is 0 Å². The summed E-state index contributed by atoms with van der Waals surface area (Å²) in [5.74, 6) is 1.42. The van der Waals surface area contributed by atoms with E-state index in [1.165, 1.54) is 0 Å². The quantitative estimate of drug-likeness (QED) is 0.790. The van der Waals surface area contributed by atoms with Crippen LogP contribution in [-0.4, -0.2) is 24.3 Å². The van der Waals surface area contributed by atoms with E-state index in [1.54, 1.807) is 26.6 Å². The predicted octanol–water partition coefficient (Wildman–Crippen LogP) is 3.54. The summed E-state index contributed by atoms with van der Waals surface area (Å²) in [6.07, 6.45) is 4.33. The number of nitrogens with zero attached hydrogens (tertiary/aromatic N) is 1. The number of methoxy groups -OCH3 is 2. The molecule has 0 spiro atoms.